The quantitative estimate of drug-likeness (QED) is 0.420. The molecule has 0 aliphatic heterocycles. The Morgan fingerprint density at radius 1 is 1.60 bits per heavy atom. The highest BCUT2D eigenvalue weighted by molar-refractivity contribution is 7.51. The number of imidazole rings is 1. The second kappa shape index (κ2) is 5.08. The Morgan fingerprint density at radius 2 is 2.30 bits per heavy atom. The number of nitrogens with one attached hydrogen (secondary N) is 1. The molecule has 0 radical (unpaired) electrons. The van der Waals surface area contributed by atoms with Gasteiger partial charge in [-0.05, 0) is 0 Å². The van der Waals surface area contributed by atoms with Crippen molar-refractivity contribution in [3.63, 3.8) is 0 Å². The number of nitrogens with two attached hydrogens (primary N) is 1. The van der Waals surface area contributed by atoms with Crippen LogP contribution < -0.4 is 11.3 Å². The number of aromatic nitrogens is 4. The molecule has 0 amide bonds. The highest BCUT2D eigenvalue weighted by Gasteiger charge is 2.15. The van der Waals surface area contributed by atoms with E-state index in [0.29, 0.717) is 0 Å². The van der Waals surface area contributed by atoms with Gasteiger partial charge >= 0.3 is 7.60 Å². The highest BCUT2D eigenvalue weighted by atomic mass is 31.2. The lowest BCUT2D eigenvalue weighted by Gasteiger charge is -2.10. The fraction of sp³-hybridized carbons (Fsp3) is 0.222. The first-order valence-corrected chi connectivity index (χ1v) is 7.12. The van der Waals surface area contributed by atoms with Crippen LogP contribution in [0.3, 0.4) is 0 Å². The number of hydrogen-bond donors (Lipinski definition) is 4. The van der Waals surface area contributed by atoms with Crippen molar-refractivity contribution < 1.29 is 19.1 Å². The number of aromatic amines is 1. The molecule has 0 unspecified atom stereocenters. The van der Waals surface area contributed by atoms with Crippen LogP contribution in [0.2, 0.25) is 0 Å². The van der Waals surface area contributed by atoms with Crippen LogP contribution in [0.4, 0.5) is 5.95 Å². The lowest BCUT2D eigenvalue weighted by molar-refractivity contribution is 0.217. The van der Waals surface area contributed by atoms with Gasteiger partial charge in [0.1, 0.15) is 5.76 Å². The van der Waals surface area contributed by atoms with Crippen molar-refractivity contribution in [3.8, 4) is 0 Å². The molecule has 11 heteroatoms. The summed E-state index contributed by atoms with van der Waals surface area (Å²) < 4.78 is 16.9. The van der Waals surface area contributed by atoms with E-state index in [9.17, 15) is 9.36 Å². The number of allylic oxidation sites excluding steroid dienone is 1. The zero-order chi connectivity index (χ0) is 14.9. The number of hydrogen-bond acceptors (Lipinski definition) is 6. The summed E-state index contributed by atoms with van der Waals surface area (Å²) in [4.78, 5) is 39.0. The first kappa shape index (κ1) is 14.3. The van der Waals surface area contributed by atoms with Gasteiger partial charge in [-0.1, -0.05) is 6.58 Å². The number of H-pyrrole nitrogens is 1. The molecule has 2 aromatic rings. The third-order valence-corrected chi connectivity index (χ3v) is 2.74. The van der Waals surface area contributed by atoms with Crippen LogP contribution in [0.1, 0.15) is 0 Å². The molecule has 0 aromatic carbocycles. The molecular formula is C9H12N5O5P. The van der Waals surface area contributed by atoms with Crippen molar-refractivity contribution in [2.75, 3.05) is 12.1 Å². The van der Waals surface area contributed by atoms with Crippen LogP contribution in [-0.2, 0) is 15.8 Å². The van der Waals surface area contributed by atoms with Crippen molar-refractivity contribution in [2.45, 2.75) is 6.54 Å². The monoisotopic (exact) mass is 301 g/mol. The summed E-state index contributed by atoms with van der Waals surface area (Å²) in [6, 6.07) is 0. The molecule has 5 N–H and O–H groups in total. The third-order valence-electron chi connectivity index (χ3n) is 2.28. The van der Waals surface area contributed by atoms with Crippen LogP contribution in [0.5, 0.6) is 0 Å². The minimum atomic E-state index is -4.27. The predicted octanol–water partition coefficient (Wildman–Crippen LogP) is -0.633. The molecule has 0 saturated heterocycles. The van der Waals surface area contributed by atoms with Gasteiger partial charge in [0.15, 0.2) is 17.5 Å². The van der Waals surface area contributed by atoms with Gasteiger partial charge in [0, 0.05) is 0 Å². The van der Waals surface area contributed by atoms with E-state index < -0.39 is 19.5 Å². The van der Waals surface area contributed by atoms with Crippen LogP contribution in [0.15, 0.2) is 23.5 Å². The maximum Gasteiger partial charge on any atom is 0.362 e. The van der Waals surface area contributed by atoms with E-state index in [1.807, 2.05) is 0 Å². The normalized spacial score (nSPS) is 11.7. The fourth-order valence-corrected chi connectivity index (χ4v) is 1.85. The van der Waals surface area contributed by atoms with E-state index in [1.54, 1.807) is 0 Å². The lowest BCUT2D eigenvalue weighted by atomic mass is 10.5. The van der Waals surface area contributed by atoms with Crippen molar-refractivity contribution in [2.24, 2.45) is 0 Å². The molecule has 0 atom stereocenters. The van der Waals surface area contributed by atoms with Gasteiger partial charge in [0.05, 0.1) is 12.9 Å². The summed E-state index contributed by atoms with van der Waals surface area (Å²) in [5.74, 6) is 0.0271. The molecule has 2 heterocycles. The average molecular weight is 301 g/mol. The van der Waals surface area contributed by atoms with E-state index in [4.69, 9.17) is 20.3 Å². The molecule has 0 bridgehead atoms. The summed E-state index contributed by atoms with van der Waals surface area (Å²) in [5.41, 5.74) is 5.28. The number of nitrogens with zero attached hydrogens (tertiary/aromatic N) is 3. The van der Waals surface area contributed by atoms with Crippen molar-refractivity contribution in [1.82, 2.24) is 19.5 Å². The molecule has 108 valence electrons. The van der Waals surface area contributed by atoms with Crippen molar-refractivity contribution >= 4 is 24.7 Å². The Morgan fingerprint density at radius 3 is 2.95 bits per heavy atom. The number of rotatable bonds is 5. The first-order valence-electron chi connectivity index (χ1n) is 5.32. The van der Waals surface area contributed by atoms with Gasteiger partial charge in [0.2, 0.25) is 5.95 Å². The SMILES string of the molecule is C=C(Cn1cnc2c(=O)[nH]c(N)nc21)OCP(=O)(O)O. The molecule has 10 nitrogen and oxygen atoms in total. The van der Waals surface area contributed by atoms with Gasteiger partial charge in [-0.2, -0.15) is 4.98 Å². The Balaban J connectivity index is 2.20. The number of ether oxygens (including phenoxy) is 1. The summed E-state index contributed by atoms with van der Waals surface area (Å²) in [6.07, 6.45) is 0.562. The largest absolute Gasteiger partial charge is 0.484 e. The van der Waals surface area contributed by atoms with Crippen LogP contribution in [0.25, 0.3) is 11.2 Å². The lowest BCUT2D eigenvalue weighted by Crippen LogP contribution is -2.12. The van der Waals surface area contributed by atoms with Gasteiger partial charge in [-0.25, -0.2) is 4.98 Å². The smallest absolute Gasteiger partial charge is 0.362 e. The topological polar surface area (TPSA) is 156 Å². The fourth-order valence-electron chi connectivity index (χ4n) is 1.50. The maximum absolute atomic E-state index is 11.5. The molecule has 2 rings (SSSR count). The second-order valence-corrected chi connectivity index (χ2v) is 5.56. The number of fused-ring (bicyclic) bond motifs is 1. The number of nitrogen functional groups attached to an aromatic ring is 1. The minimum absolute atomic E-state index is 0.0341. The minimum Gasteiger partial charge on any atom is -0.484 e. The van der Waals surface area contributed by atoms with Crippen molar-refractivity contribution in [3.05, 3.63) is 29.0 Å². The zero-order valence-electron chi connectivity index (χ0n) is 10.2. The zero-order valence-corrected chi connectivity index (χ0v) is 11.1. The molecular weight excluding hydrogens is 289 g/mol. The highest BCUT2D eigenvalue weighted by Crippen LogP contribution is 2.34. The van der Waals surface area contributed by atoms with Gasteiger partial charge < -0.3 is 24.8 Å². The van der Waals surface area contributed by atoms with Crippen molar-refractivity contribution in [1.29, 1.82) is 0 Å². The van der Waals surface area contributed by atoms with Crippen LogP contribution in [0, 0.1) is 0 Å². The van der Waals surface area contributed by atoms with Crippen LogP contribution >= 0.6 is 7.60 Å². The number of anilines is 1. The van der Waals surface area contributed by atoms with E-state index in [0.717, 1.165) is 0 Å². The maximum atomic E-state index is 11.5. The molecule has 0 aliphatic carbocycles. The molecule has 0 spiro atoms. The molecule has 0 aliphatic rings. The summed E-state index contributed by atoms with van der Waals surface area (Å²) in [5, 5.41) is 0. The van der Waals surface area contributed by atoms with E-state index in [2.05, 4.69) is 21.5 Å². The Labute approximate surface area is 112 Å². The van der Waals surface area contributed by atoms with Gasteiger partial charge in [-0.3, -0.25) is 14.3 Å². The summed E-state index contributed by atoms with van der Waals surface area (Å²) in [7, 11) is -4.27. The second-order valence-electron chi connectivity index (χ2n) is 3.97. The standard InChI is InChI=1S/C9H12N5O5P/c1-5(19-4-20(16,17)18)2-14-3-11-6-7(14)12-9(10)13-8(6)15/h3H,1-2,4H2,(H2,16,17,18)(H3,10,12,13,15). The van der Waals surface area contributed by atoms with Gasteiger partial charge in [-0.15, -0.1) is 0 Å². The van der Waals surface area contributed by atoms with E-state index >= 15 is 0 Å². The molecule has 0 saturated carbocycles. The van der Waals surface area contributed by atoms with E-state index in [1.165, 1.54) is 10.9 Å². The molecule has 2 aromatic heterocycles. The predicted molar refractivity (Wildman–Crippen MR) is 69.7 cm³/mol. The first-order chi connectivity index (χ1) is 9.26. The summed E-state index contributed by atoms with van der Waals surface area (Å²) in [6.45, 7) is 3.56. The van der Waals surface area contributed by atoms with Crippen LogP contribution in [-0.4, -0.2) is 35.7 Å². The van der Waals surface area contributed by atoms with Gasteiger partial charge in [0.25, 0.3) is 5.56 Å². The summed E-state index contributed by atoms with van der Waals surface area (Å²) >= 11 is 0. The molecule has 20 heavy (non-hydrogen) atoms. The average Bonchev–Trinajstić information content (AvgIpc) is 2.69. The van der Waals surface area contributed by atoms with E-state index in [-0.39, 0.29) is 29.4 Å². The molecule has 0 fully saturated rings. The third kappa shape index (κ3) is 3.23. The Bertz CT molecular complexity index is 760. The Kier molecular flexibility index (Phi) is 3.62. The Hall–Kier alpha value is -2.16.